The lowest BCUT2D eigenvalue weighted by Gasteiger charge is -2.21. The molecule has 3 N–H and O–H groups in total. The average molecular weight is 458 g/mol. The lowest BCUT2D eigenvalue weighted by molar-refractivity contribution is 0.0697. The molecule has 0 spiro atoms. The third-order valence-corrected chi connectivity index (χ3v) is 5.41. The van der Waals surface area contributed by atoms with E-state index < -0.39 is 18.1 Å². The van der Waals surface area contributed by atoms with Gasteiger partial charge in [0.25, 0.3) is 0 Å². The summed E-state index contributed by atoms with van der Waals surface area (Å²) in [7, 11) is 0. The molecule has 0 saturated heterocycles. The zero-order valence-corrected chi connectivity index (χ0v) is 17.8. The highest BCUT2D eigenvalue weighted by molar-refractivity contribution is 6.33. The zero-order valence-electron chi connectivity index (χ0n) is 17.0. The first kappa shape index (κ1) is 21.8. The van der Waals surface area contributed by atoms with Crippen LogP contribution in [0.25, 0.3) is 17.4 Å². The summed E-state index contributed by atoms with van der Waals surface area (Å²) in [5.41, 5.74) is 7.77. The van der Waals surface area contributed by atoms with Gasteiger partial charge in [0.15, 0.2) is 0 Å². The maximum atomic E-state index is 11.3. The molecule has 3 aromatic rings. The molecule has 1 aromatic heterocycles. The summed E-state index contributed by atoms with van der Waals surface area (Å²) >= 11 is 6.21. The van der Waals surface area contributed by atoms with Gasteiger partial charge in [-0.15, -0.1) is 0 Å². The van der Waals surface area contributed by atoms with Crippen molar-refractivity contribution < 1.29 is 14.3 Å². The van der Waals surface area contributed by atoms with Crippen molar-refractivity contribution in [1.29, 1.82) is 10.5 Å². The van der Waals surface area contributed by atoms with Gasteiger partial charge in [0.1, 0.15) is 29.7 Å². The highest BCUT2D eigenvalue weighted by Crippen LogP contribution is 2.32. The lowest BCUT2D eigenvalue weighted by atomic mass is 9.96. The minimum absolute atomic E-state index is 0.0628. The second-order valence-electron chi connectivity index (χ2n) is 7.13. The summed E-state index contributed by atoms with van der Waals surface area (Å²) in [4.78, 5) is 11.3. The number of nitriles is 2. The Morgan fingerprint density at radius 3 is 2.61 bits per heavy atom. The Kier molecular flexibility index (Phi) is 5.97. The van der Waals surface area contributed by atoms with Crippen LogP contribution in [0.5, 0.6) is 0 Å². The SMILES string of the molecule is N#C/C(=C/c1ccc(-c2cc(C(=O)O)ccc2Cl)o1)C1=NN(c2ccccc2)[C@H](N)[C@H]1C#N. The number of hydrazone groups is 1. The number of carboxylic acids is 1. The normalized spacial score (nSPS) is 17.9. The van der Waals surface area contributed by atoms with Crippen molar-refractivity contribution >= 4 is 35.0 Å². The third-order valence-electron chi connectivity index (χ3n) is 5.08. The minimum atomic E-state index is -1.09. The number of hydrogen-bond acceptors (Lipinski definition) is 7. The number of furan rings is 1. The van der Waals surface area contributed by atoms with Crippen LogP contribution in [0, 0.1) is 28.6 Å². The topological polar surface area (TPSA) is 140 Å². The number of halogens is 1. The van der Waals surface area contributed by atoms with Crippen molar-refractivity contribution in [3.05, 3.63) is 82.6 Å². The smallest absolute Gasteiger partial charge is 0.335 e. The Morgan fingerprint density at radius 2 is 1.94 bits per heavy atom. The largest absolute Gasteiger partial charge is 0.478 e. The molecule has 2 atom stereocenters. The van der Waals surface area contributed by atoms with Gasteiger partial charge in [0.2, 0.25) is 0 Å². The molecule has 33 heavy (non-hydrogen) atoms. The average Bonchev–Trinajstić information content (AvgIpc) is 3.42. The first-order chi connectivity index (χ1) is 15.9. The summed E-state index contributed by atoms with van der Waals surface area (Å²) in [5, 5.41) is 35.0. The molecule has 0 bridgehead atoms. The van der Waals surface area contributed by atoms with E-state index in [0.717, 1.165) is 0 Å². The van der Waals surface area contributed by atoms with Crippen molar-refractivity contribution in [1.82, 2.24) is 0 Å². The van der Waals surface area contributed by atoms with Gasteiger partial charge in [-0.3, -0.25) is 0 Å². The molecule has 0 radical (unpaired) electrons. The summed E-state index contributed by atoms with van der Waals surface area (Å²) in [5.74, 6) is -1.27. The van der Waals surface area contributed by atoms with Crippen LogP contribution in [-0.2, 0) is 0 Å². The van der Waals surface area contributed by atoms with Crippen LogP contribution in [0.15, 0.2) is 75.8 Å². The number of hydrogen-bond donors (Lipinski definition) is 2. The van der Waals surface area contributed by atoms with Crippen LogP contribution in [-0.4, -0.2) is 23.0 Å². The van der Waals surface area contributed by atoms with Crippen LogP contribution in [0.2, 0.25) is 5.02 Å². The van der Waals surface area contributed by atoms with Crippen molar-refractivity contribution in [3.63, 3.8) is 0 Å². The van der Waals surface area contributed by atoms with Crippen molar-refractivity contribution in [2.75, 3.05) is 5.01 Å². The molecular weight excluding hydrogens is 442 g/mol. The molecule has 2 aromatic carbocycles. The van der Waals surface area contributed by atoms with Crippen molar-refractivity contribution in [3.8, 4) is 23.5 Å². The molecule has 0 amide bonds. The quantitative estimate of drug-likeness (QED) is 0.537. The number of carbonyl (C=O) groups is 1. The molecule has 0 fully saturated rings. The van der Waals surface area contributed by atoms with Gasteiger partial charge in [-0.05, 0) is 42.5 Å². The number of allylic oxidation sites excluding steroid dienone is 1. The van der Waals surface area contributed by atoms with Crippen LogP contribution in [0.1, 0.15) is 16.1 Å². The van der Waals surface area contributed by atoms with Crippen LogP contribution in [0.4, 0.5) is 5.69 Å². The molecule has 2 heterocycles. The van der Waals surface area contributed by atoms with E-state index in [0.29, 0.717) is 27.8 Å². The fourth-order valence-corrected chi connectivity index (χ4v) is 3.66. The fourth-order valence-electron chi connectivity index (χ4n) is 3.45. The van der Waals surface area contributed by atoms with E-state index in [1.54, 1.807) is 12.1 Å². The third kappa shape index (κ3) is 4.21. The number of benzene rings is 2. The Hall–Kier alpha value is -4.37. The lowest BCUT2D eigenvalue weighted by Crippen LogP contribution is -2.40. The molecule has 0 aliphatic carbocycles. The van der Waals surface area contributed by atoms with Crippen LogP contribution < -0.4 is 10.7 Å². The summed E-state index contributed by atoms with van der Waals surface area (Å²) in [6.45, 7) is 0. The number of nitrogens with two attached hydrogens (primary N) is 1. The number of carboxylic acid groups (broad SMARTS) is 1. The van der Waals surface area contributed by atoms with Gasteiger partial charge in [0, 0.05) is 11.6 Å². The van der Waals surface area contributed by atoms with Gasteiger partial charge < -0.3 is 15.3 Å². The Bertz CT molecular complexity index is 1360. The van der Waals surface area contributed by atoms with E-state index in [1.807, 2.05) is 30.3 Å². The first-order valence-corrected chi connectivity index (χ1v) is 10.1. The molecule has 1 aliphatic heterocycles. The second-order valence-corrected chi connectivity index (χ2v) is 7.54. The number of anilines is 1. The van der Waals surface area contributed by atoms with E-state index in [9.17, 15) is 20.4 Å². The zero-order chi connectivity index (χ0) is 23.5. The van der Waals surface area contributed by atoms with Gasteiger partial charge >= 0.3 is 5.97 Å². The summed E-state index contributed by atoms with van der Waals surface area (Å²) < 4.78 is 5.80. The van der Waals surface area contributed by atoms with Gasteiger partial charge in [0.05, 0.1) is 33.6 Å². The molecule has 8 nitrogen and oxygen atoms in total. The van der Waals surface area contributed by atoms with Gasteiger partial charge in [-0.1, -0.05) is 29.8 Å². The number of nitrogens with zero attached hydrogens (tertiary/aromatic N) is 4. The highest BCUT2D eigenvalue weighted by Gasteiger charge is 2.37. The molecule has 0 unspecified atom stereocenters. The summed E-state index contributed by atoms with van der Waals surface area (Å²) in [6.07, 6.45) is 0.705. The van der Waals surface area contributed by atoms with Crippen LogP contribution >= 0.6 is 11.6 Å². The van der Waals surface area contributed by atoms with E-state index >= 15 is 0 Å². The molecule has 162 valence electrons. The number of aromatic carboxylic acids is 1. The molecule has 4 rings (SSSR count). The molecule has 0 saturated carbocycles. The van der Waals surface area contributed by atoms with Gasteiger partial charge in [-0.2, -0.15) is 15.6 Å². The van der Waals surface area contributed by atoms with Gasteiger partial charge in [-0.25, -0.2) is 9.80 Å². The number of rotatable bonds is 5. The van der Waals surface area contributed by atoms with E-state index in [1.165, 1.54) is 29.3 Å². The maximum absolute atomic E-state index is 11.3. The predicted octanol–water partition coefficient (Wildman–Crippen LogP) is 4.51. The Labute approximate surface area is 194 Å². The standard InChI is InChI=1S/C24H16ClN5O3/c25-20-8-6-14(24(31)32)11-18(20)21-9-7-17(33-21)10-15(12-26)22-19(13-27)23(28)30(29-22)16-4-2-1-3-5-16/h1-11,19,23H,28H2,(H,31,32)/b15-10-/t19-,23-/m0/s1. The maximum Gasteiger partial charge on any atom is 0.335 e. The number of para-hydroxylation sites is 1. The van der Waals surface area contributed by atoms with E-state index in [-0.39, 0.29) is 16.8 Å². The Balaban J connectivity index is 1.70. The van der Waals surface area contributed by atoms with E-state index in [2.05, 4.69) is 17.2 Å². The first-order valence-electron chi connectivity index (χ1n) is 9.76. The highest BCUT2D eigenvalue weighted by atomic mass is 35.5. The fraction of sp³-hybridized carbons (Fsp3) is 0.0833. The predicted molar refractivity (Wildman–Crippen MR) is 123 cm³/mol. The second kappa shape index (κ2) is 9.01. The minimum Gasteiger partial charge on any atom is -0.478 e. The van der Waals surface area contributed by atoms with Crippen molar-refractivity contribution in [2.24, 2.45) is 16.8 Å². The van der Waals surface area contributed by atoms with E-state index in [4.69, 9.17) is 21.8 Å². The summed E-state index contributed by atoms with van der Waals surface area (Å²) in [6, 6.07) is 20.8. The molecule has 9 heteroatoms. The molecular formula is C24H16ClN5O3. The molecule has 1 aliphatic rings. The monoisotopic (exact) mass is 457 g/mol. The van der Waals surface area contributed by atoms with Crippen LogP contribution in [0.3, 0.4) is 0 Å². The Morgan fingerprint density at radius 1 is 1.18 bits per heavy atom. The van der Waals surface area contributed by atoms with Crippen molar-refractivity contribution in [2.45, 2.75) is 6.17 Å².